The van der Waals surface area contributed by atoms with Crippen molar-refractivity contribution in [3.63, 3.8) is 0 Å². The lowest BCUT2D eigenvalue weighted by Crippen LogP contribution is -2.64. The van der Waals surface area contributed by atoms with Crippen molar-refractivity contribution < 1.29 is 204 Å². The Balaban J connectivity index is 0.821. The zero-order valence-electron chi connectivity index (χ0n) is 46.6. The monoisotopic (exact) mass is 1310 g/mol. The molecule has 8 aliphatic heterocycles. The molecule has 8 saturated heterocycles. The quantitative estimate of drug-likeness (QED) is 0.0452. The number of rotatable bonds is 23. The molecule has 0 aliphatic carbocycles. The number of hydrogen-bond acceptors (Lipinski definition) is 41. The van der Waals surface area contributed by atoms with Crippen LogP contribution in [0.15, 0.2) is 0 Å². The summed E-state index contributed by atoms with van der Waals surface area (Å²) in [5, 5.41) is 274. The SMILES string of the molecule is OC[C@H]1O[C@H](OC[C@H]2O[C@H](OC[C@H]3O[C@H](OC[C@H]4O[C@H](OC[C@H]5O[C@H](OC[C@H]6O[C@H](OC[C@H]7O[C@H](O[C@]8(CO)O[C@H](CO)[C@@H](O)[C@@H]8O)[C@H](O)[C@@H](O)[C@@H]7O)[C@H](O)[C@@H](O)[C@H]6O)[C@H](O)[C@@H](O)[C@H]5O)[C@H](O)[C@@H](O)[C@H]4O)[C@H](O)[C@@H](O)[C@H]3O)[C@H](O)[C@@H](O)[C@H]2O)[C@H](O)[C@@H](O)[C@H]1O. The van der Waals surface area contributed by atoms with E-state index in [0.717, 1.165) is 0 Å². The van der Waals surface area contributed by atoms with E-state index in [-0.39, 0.29) is 0 Å². The smallest absolute Gasteiger partial charge is 0.224 e. The number of aliphatic hydroxyl groups is 26. The molecule has 0 aromatic heterocycles. The highest BCUT2D eigenvalue weighted by atomic mass is 16.8. The lowest BCUT2D eigenvalue weighted by Gasteiger charge is -2.45. The fourth-order valence-electron chi connectivity index (χ4n) is 10.9. The van der Waals surface area contributed by atoms with Crippen LogP contribution in [0, 0.1) is 0 Å². The molecule has 0 bridgehead atoms. The molecule has 41 heteroatoms. The first-order chi connectivity index (χ1) is 42.0. The highest BCUT2D eigenvalue weighted by Gasteiger charge is 2.60. The molecule has 89 heavy (non-hydrogen) atoms. The Morgan fingerprint density at radius 2 is 0.427 bits per heavy atom. The Bertz CT molecular complexity index is 2150. The molecule has 0 aromatic carbocycles. The predicted molar refractivity (Wildman–Crippen MR) is 264 cm³/mol. The Morgan fingerprint density at radius 3 is 0.640 bits per heavy atom. The van der Waals surface area contributed by atoms with Gasteiger partial charge in [-0.2, -0.15) is 0 Å². The summed E-state index contributed by atoms with van der Waals surface area (Å²) in [6, 6.07) is 0. The van der Waals surface area contributed by atoms with Crippen LogP contribution in [0.2, 0.25) is 0 Å². The molecule has 8 fully saturated rings. The molecule has 39 atom stereocenters. The highest BCUT2D eigenvalue weighted by Crippen LogP contribution is 2.38. The third kappa shape index (κ3) is 15.5. The number of ether oxygens (including phenoxy) is 15. The van der Waals surface area contributed by atoms with Gasteiger partial charge in [-0.3, -0.25) is 0 Å². The van der Waals surface area contributed by atoms with E-state index in [2.05, 4.69) is 0 Å². The van der Waals surface area contributed by atoms with Crippen molar-refractivity contribution in [2.45, 2.75) is 239 Å². The van der Waals surface area contributed by atoms with E-state index in [9.17, 15) is 133 Å². The molecular weight excluding hydrogens is 1230 g/mol. The normalized spacial score (nSPS) is 53.5. The van der Waals surface area contributed by atoms with Gasteiger partial charge in [-0.15, -0.1) is 0 Å². The van der Waals surface area contributed by atoms with Gasteiger partial charge in [-0.1, -0.05) is 0 Å². The van der Waals surface area contributed by atoms with E-state index in [1.165, 1.54) is 0 Å². The average Bonchev–Trinajstić information content (AvgIpc) is 3.42. The standard InChI is InChI=1S/C48H82O41/c49-1-10-18(52)26(60)33(67)41(81-10)75-3-12-19(53)27(61)34(68)42(82-12)76-4-13-20(54)28(62)35(69)43(83-13)77-5-14-21(55)29(63)36(70)44(84-14)78-6-15-22(56)30(64)37(71)45(85-15)79-7-16-23(57)31(65)38(72)46(86-16)80-8-17-24(58)32(66)39(73)47(87-17)89-48(9-51)40(74)25(59)11(2-50)88-48/h10-47,49-74H,1-9H2/t10-,11-,12-,13-,14-,15-,16-,17-,18+,19+,20+,21+,22+,23+,24-,25-,26+,27+,28+,29+,30+,31+,32+,33-,34-,35-,36-,37-,38-,39-,40+,41+,42+,43+,44+,45+,46+,47-,48+/m1/s1. The lowest BCUT2D eigenvalue weighted by molar-refractivity contribution is -0.388. The molecule has 8 rings (SSSR count). The Morgan fingerprint density at radius 1 is 0.225 bits per heavy atom. The van der Waals surface area contributed by atoms with Crippen LogP contribution in [-0.4, -0.2) is 431 Å². The molecule has 520 valence electrons. The van der Waals surface area contributed by atoms with Gasteiger partial charge in [-0.25, -0.2) is 0 Å². The first-order valence-electron chi connectivity index (χ1n) is 28.1. The van der Waals surface area contributed by atoms with Crippen molar-refractivity contribution in [1.29, 1.82) is 0 Å². The lowest BCUT2D eigenvalue weighted by atomic mass is 9.97. The fraction of sp³-hybridized carbons (Fsp3) is 1.00. The van der Waals surface area contributed by atoms with Gasteiger partial charge in [0.25, 0.3) is 0 Å². The minimum Gasteiger partial charge on any atom is -0.394 e. The van der Waals surface area contributed by atoms with Gasteiger partial charge in [0.1, 0.15) is 196 Å². The zero-order chi connectivity index (χ0) is 65.4. The average molecular weight is 1320 g/mol. The molecule has 8 aliphatic rings. The van der Waals surface area contributed by atoms with E-state index in [4.69, 9.17) is 71.1 Å². The van der Waals surface area contributed by atoms with E-state index in [1.807, 2.05) is 0 Å². The summed E-state index contributed by atoms with van der Waals surface area (Å²) in [4.78, 5) is 0. The fourth-order valence-corrected chi connectivity index (χ4v) is 10.9. The second-order valence-corrected chi connectivity index (χ2v) is 22.6. The van der Waals surface area contributed by atoms with Crippen molar-refractivity contribution in [3.05, 3.63) is 0 Å². The summed E-state index contributed by atoms with van der Waals surface area (Å²) >= 11 is 0. The van der Waals surface area contributed by atoms with E-state index < -0.39 is 299 Å². The van der Waals surface area contributed by atoms with Crippen LogP contribution < -0.4 is 0 Å². The molecule has 0 aromatic rings. The van der Waals surface area contributed by atoms with Crippen LogP contribution >= 0.6 is 0 Å². The molecule has 0 spiro atoms. The molecule has 0 amide bonds. The van der Waals surface area contributed by atoms with Crippen LogP contribution in [0.25, 0.3) is 0 Å². The van der Waals surface area contributed by atoms with Crippen molar-refractivity contribution in [3.8, 4) is 0 Å². The Hall–Kier alpha value is -1.64. The topological polar surface area (TPSA) is 664 Å². The molecule has 0 unspecified atom stereocenters. The first kappa shape index (κ1) is 73.2. The maximum absolute atomic E-state index is 10.9. The second kappa shape index (κ2) is 31.0. The summed E-state index contributed by atoms with van der Waals surface area (Å²) in [5.41, 5.74) is 0. The van der Waals surface area contributed by atoms with Crippen molar-refractivity contribution >= 4 is 0 Å². The van der Waals surface area contributed by atoms with Crippen LogP contribution in [-0.2, 0) is 71.1 Å². The van der Waals surface area contributed by atoms with Gasteiger partial charge in [0.05, 0.1) is 52.9 Å². The molecule has 8 heterocycles. The summed E-state index contributed by atoms with van der Waals surface area (Å²) in [7, 11) is 0. The summed E-state index contributed by atoms with van der Waals surface area (Å²) in [6.07, 6.45) is -72.1. The van der Waals surface area contributed by atoms with Crippen LogP contribution in [0.1, 0.15) is 0 Å². The minimum absolute atomic E-state index is 0.727. The van der Waals surface area contributed by atoms with Crippen LogP contribution in [0.5, 0.6) is 0 Å². The molecule has 0 radical (unpaired) electrons. The van der Waals surface area contributed by atoms with Gasteiger partial charge in [0.2, 0.25) is 5.79 Å². The van der Waals surface area contributed by atoms with Gasteiger partial charge in [-0.05, 0) is 0 Å². The summed E-state index contributed by atoms with van der Waals surface area (Å²) in [5.74, 6) is -2.53. The summed E-state index contributed by atoms with van der Waals surface area (Å²) in [6.45, 7) is -7.88. The summed E-state index contributed by atoms with van der Waals surface area (Å²) < 4.78 is 82.7. The second-order valence-electron chi connectivity index (χ2n) is 22.6. The maximum atomic E-state index is 10.9. The van der Waals surface area contributed by atoms with Crippen molar-refractivity contribution in [2.75, 3.05) is 59.5 Å². The number of hydrogen-bond donors (Lipinski definition) is 26. The molecular formula is C48H82O41. The van der Waals surface area contributed by atoms with Crippen LogP contribution in [0.4, 0.5) is 0 Å². The van der Waals surface area contributed by atoms with Gasteiger partial charge in [0, 0.05) is 0 Å². The number of aliphatic hydroxyl groups excluding tert-OH is 26. The van der Waals surface area contributed by atoms with Crippen molar-refractivity contribution in [2.24, 2.45) is 0 Å². The van der Waals surface area contributed by atoms with Crippen LogP contribution in [0.3, 0.4) is 0 Å². The highest BCUT2D eigenvalue weighted by molar-refractivity contribution is 5.00. The minimum atomic E-state index is -2.53. The largest absolute Gasteiger partial charge is 0.394 e. The molecule has 41 nitrogen and oxygen atoms in total. The van der Waals surface area contributed by atoms with E-state index in [1.54, 1.807) is 0 Å². The first-order valence-corrected chi connectivity index (χ1v) is 28.1. The molecule has 0 saturated carbocycles. The van der Waals surface area contributed by atoms with Gasteiger partial charge < -0.3 is 204 Å². The Labute approximate surface area is 501 Å². The van der Waals surface area contributed by atoms with Crippen molar-refractivity contribution in [1.82, 2.24) is 0 Å². The molecule has 26 N–H and O–H groups in total. The van der Waals surface area contributed by atoms with E-state index >= 15 is 0 Å². The predicted octanol–water partition coefficient (Wildman–Crippen LogP) is -18.5. The van der Waals surface area contributed by atoms with Gasteiger partial charge >= 0.3 is 0 Å². The Kier molecular flexibility index (Phi) is 25.5. The van der Waals surface area contributed by atoms with Gasteiger partial charge in [0.15, 0.2) is 44.0 Å². The zero-order valence-corrected chi connectivity index (χ0v) is 46.6. The van der Waals surface area contributed by atoms with E-state index in [0.29, 0.717) is 0 Å². The third-order valence-corrected chi connectivity index (χ3v) is 16.6. The maximum Gasteiger partial charge on any atom is 0.224 e. The third-order valence-electron chi connectivity index (χ3n) is 16.6.